The van der Waals surface area contributed by atoms with Gasteiger partial charge in [-0.1, -0.05) is 23.6 Å². The molecule has 0 bridgehead atoms. The molecule has 0 aliphatic carbocycles. The summed E-state index contributed by atoms with van der Waals surface area (Å²) in [4.78, 5) is 3.95. The fraction of sp³-hybridized carbons (Fsp3) is 0.300. The second kappa shape index (κ2) is 3.68. The lowest BCUT2D eigenvalue weighted by molar-refractivity contribution is 0.165. The number of hydrogen-bond donors (Lipinski definition) is 0. The Labute approximate surface area is 82.9 Å². The van der Waals surface area contributed by atoms with E-state index in [9.17, 15) is 0 Å². The van der Waals surface area contributed by atoms with Crippen LogP contribution in [0.2, 0.25) is 5.15 Å². The van der Waals surface area contributed by atoms with Crippen LogP contribution < -0.4 is 4.74 Å². The third-order valence-electron chi connectivity index (χ3n) is 1.40. The van der Waals surface area contributed by atoms with Crippen LogP contribution in [-0.4, -0.2) is 10.6 Å². The molecule has 0 N–H and O–H groups in total. The summed E-state index contributed by atoms with van der Waals surface area (Å²) in [7, 11) is 0. The Kier molecular flexibility index (Phi) is 2.79. The number of nitrogens with zero attached hydrogens (tertiary/aromatic N) is 1. The maximum Gasteiger partial charge on any atom is 0.216 e. The number of terminal acetylenes is 1. The number of rotatable bonds is 2. The van der Waals surface area contributed by atoms with Crippen molar-refractivity contribution in [2.75, 3.05) is 0 Å². The molecule has 0 amide bonds. The summed E-state index contributed by atoms with van der Waals surface area (Å²) in [6.45, 7) is 3.57. The van der Waals surface area contributed by atoms with Crippen molar-refractivity contribution in [3.05, 3.63) is 23.4 Å². The number of ether oxygens (including phenoxy) is 1. The molecule has 0 spiro atoms. The van der Waals surface area contributed by atoms with Crippen LogP contribution in [0, 0.1) is 12.3 Å². The molecule has 0 aliphatic rings. The molecule has 0 atom stereocenters. The molecular weight excluding hydrogens is 186 g/mol. The van der Waals surface area contributed by atoms with E-state index in [-0.39, 0.29) is 0 Å². The summed E-state index contributed by atoms with van der Waals surface area (Å²) >= 11 is 5.67. The molecule has 0 saturated carbocycles. The highest BCUT2D eigenvalue weighted by Crippen LogP contribution is 2.17. The van der Waals surface area contributed by atoms with Crippen molar-refractivity contribution in [2.45, 2.75) is 19.4 Å². The summed E-state index contributed by atoms with van der Waals surface area (Å²) in [6, 6.07) is 5.15. The monoisotopic (exact) mass is 195 g/mol. The number of aromatic nitrogens is 1. The third kappa shape index (κ3) is 2.96. The molecule has 2 nitrogen and oxygen atoms in total. The summed E-state index contributed by atoms with van der Waals surface area (Å²) in [6.07, 6.45) is 5.26. The second-order valence-electron chi connectivity index (χ2n) is 3.06. The van der Waals surface area contributed by atoms with Crippen molar-refractivity contribution in [1.82, 2.24) is 4.98 Å². The summed E-state index contributed by atoms with van der Waals surface area (Å²) < 4.78 is 5.40. The van der Waals surface area contributed by atoms with E-state index in [1.165, 1.54) is 0 Å². The first kappa shape index (κ1) is 9.88. The zero-order chi connectivity index (χ0) is 9.90. The Bertz CT molecular complexity index is 341. The molecule has 3 heteroatoms. The van der Waals surface area contributed by atoms with Crippen LogP contribution in [0.1, 0.15) is 13.8 Å². The van der Waals surface area contributed by atoms with Gasteiger partial charge in [0.1, 0.15) is 5.15 Å². The van der Waals surface area contributed by atoms with E-state index < -0.39 is 5.60 Å². The van der Waals surface area contributed by atoms with Gasteiger partial charge in [0.05, 0.1) is 0 Å². The number of pyridine rings is 1. The summed E-state index contributed by atoms with van der Waals surface area (Å²) in [5, 5.41) is 0.394. The van der Waals surface area contributed by atoms with Gasteiger partial charge in [0, 0.05) is 6.07 Å². The van der Waals surface area contributed by atoms with Gasteiger partial charge in [-0.05, 0) is 19.9 Å². The van der Waals surface area contributed by atoms with E-state index in [0.717, 1.165) is 0 Å². The standard InChI is InChI=1S/C10H10ClNO/c1-4-10(2,3)13-9-7-5-6-8(11)12-9/h1,5-7H,2-3H3. The normalized spacial score (nSPS) is 10.6. The molecule has 13 heavy (non-hydrogen) atoms. The van der Waals surface area contributed by atoms with Gasteiger partial charge in [-0.25, -0.2) is 4.98 Å². The van der Waals surface area contributed by atoms with Gasteiger partial charge in [0.15, 0.2) is 5.60 Å². The number of hydrogen-bond acceptors (Lipinski definition) is 2. The molecule has 0 saturated heterocycles. The highest BCUT2D eigenvalue weighted by Gasteiger charge is 2.16. The molecule has 0 unspecified atom stereocenters. The molecule has 1 aromatic heterocycles. The van der Waals surface area contributed by atoms with Crippen molar-refractivity contribution < 1.29 is 4.74 Å². The van der Waals surface area contributed by atoms with Crippen molar-refractivity contribution in [3.8, 4) is 18.2 Å². The Balaban J connectivity index is 2.82. The maximum atomic E-state index is 5.67. The third-order valence-corrected chi connectivity index (χ3v) is 1.61. The highest BCUT2D eigenvalue weighted by molar-refractivity contribution is 6.29. The van der Waals surface area contributed by atoms with Crippen LogP contribution in [-0.2, 0) is 0 Å². The summed E-state index contributed by atoms with van der Waals surface area (Å²) in [5.41, 5.74) is -0.655. The van der Waals surface area contributed by atoms with Crippen LogP contribution in [0.15, 0.2) is 18.2 Å². The van der Waals surface area contributed by atoms with Gasteiger partial charge in [-0.3, -0.25) is 0 Å². The van der Waals surface area contributed by atoms with Gasteiger partial charge in [-0.2, -0.15) is 0 Å². The lowest BCUT2D eigenvalue weighted by Gasteiger charge is -2.18. The minimum atomic E-state index is -0.655. The first-order valence-electron chi connectivity index (χ1n) is 3.83. The van der Waals surface area contributed by atoms with Crippen molar-refractivity contribution in [3.63, 3.8) is 0 Å². The fourth-order valence-corrected chi connectivity index (χ4v) is 0.893. The average Bonchev–Trinajstić information content (AvgIpc) is 2.03. The SMILES string of the molecule is C#CC(C)(C)Oc1cccc(Cl)n1. The Hall–Kier alpha value is -1.20. The van der Waals surface area contributed by atoms with Crippen molar-refractivity contribution in [1.29, 1.82) is 0 Å². The fourth-order valence-electron chi connectivity index (χ4n) is 0.737. The largest absolute Gasteiger partial charge is 0.458 e. The topological polar surface area (TPSA) is 22.1 Å². The molecule has 1 rings (SSSR count). The Morgan fingerprint density at radius 2 is 2.23 bits per heavy atom. The van der Waals surface area contributed by atoms with E-state index in [2.05, 4.69) is 10.9 Å². The van der Waals surface area contributed by atoms with Crippen molar-refractivity contribution >= 4 is 11.6 Å². The minimum absolute atomic E-state index is 0.394. The van der Waals surface area contributed by atoms with Gasteiger partial charge in [0.2, 0.25) is 5.88 Å². The highest BCUT2D eigenvalue weighted by atomic mass is 35.5. The van der Waals surface area contributed by atoms with E-state index in [1.54, 1.807) is 32.0 Å². The molecule has 0 aromatic carbocycles. The lowest BCUT2D eigenvalue weighted by atomic mass is 10.1. The zero-order valence-electron chi connectivity index (χ0n) is 7.54. The van der Waals surface area contributed by atoms with Crippen molar-refractivity contribution in [2.24, 2.45) is 0 Å². The quantitative estimate of drug-likeness (QED) is 0.535. The lowest BCUT2D eigenvalue weighted by Crippen LogP contribution is -2.25. The average molecular weight is 196 g/mol. The zero-order valence-corrected chi connectivity index (χ0v) is 8.30. The van der Waals surface area contributed by atoms with Gasteiger partial charge >= 0.3 is 0 Å². The van der Waals surface area contributed by atoms with Gasteiger partial charge in [0.25, 0.3) is 0 Å². The molecule has 0 radical (unpaired) electrons. The Morgan fingerprint density at radius 3 is 2.77 bits per heavy atom. The van der Waals surface area contributed by atoms with Crippen LogP contribution in [0.3, 0.4) is 0 Å². The minimum Gasteiger partial charge on any atom is -0.458 e. The second-order valence-corrected chi connectivity index (χ2v) is 3.44. The summed E-state index contributed by atoms with van der Waals surface area (Å²) in [5.74, 6) is 2.94. The van der Waals surface area contributed by atoms with E-state index in [1.807, 2.05) is 0 Å². The van der Waals surface area contributed by atoms with Gasteiger partial charge in [-0.15, -0.1) is 6.42 Å². The maximum absolute atomic E-state index is 5.67. The molecule has 68 valence electrons. The van der Waals surface area contributed by atoms with Crippen LogP contribution in [0.5, 0.6) is 5.88 Å². The predicted octanol–water partition coefficient (Wildman–Crippen LogP) is 2.53. The van der Waals surface area contributed by atoms with Gasteiger partial charge < -0.3 is 4.74 Å². The van der Waals surface area contributed by atoms with E-state index in [4.69, 9.17) is 22.8 Å². The molecule has 1 aromatic rings. The molecule has 1 heterocycles. The van der Waals surface area contributed by atoms with Crippen LogP contribution in [0.25, 0.3) is 0 Å². The van der Waals surface area contributed by atoms with E-state index in [0.29, 0.717) is 11.0 Å². The molecular formula is C10H10ClNO. The first-order valence-corrected chi connectivity index (χ1v) is 4.21. The van der Waals surface area contributed by atoms with E-state index >= 15 is 0 Å². The van der Waals surface area contributed by atoms with Crippen LogP contribution in [0.4, 0.5) is 0 Å². The number of halogens is 1. The first-order chi connectivity index (χ1) is 6.03. The predicted molar refractivity (Wildman–Crippen MR) is 52.8 cm³/mol. The molecule has 0 aliphatic heterocycles. The van der Waals surface area contributed by atoms with Crippen LogP contribution >= 0.6 is 11.6 Å². The molecule has 0 fully saturated rings. The smallest absolute Gasteiger partial charge is 0.216 e. The Morgan fingerprint density at radius 1 is 1.54 bits per heavy atom.